The highest BCUT2D eigenvalue weighted by atomic mass is 35.5. The van der Waals surface area contributed by atoms with E-state index in [2.05, 4.69) is 29.2 Å². The van der Waals surface area contributed by atoms with Crippen molar-refractivity contribution in [2.24, 2.45) is 0 Å². The summed E-state index contributed by atoms with van der Waals surface area (Å²) in [5.41, 5.74) is 2.46. The molecular weight excluding hydrogens is 338 g/mol. The summed E-state index contributed by atoms with van der Waals surface area (Å²) in [6.45, 7) is 4.59. The number of nitrogens with one attached hydrogen (secondary N) is 1. The number of pyridine rings is 1. The van der Waals surface area contributed by atoms with Crippen LogP contribution in [0.4, 0.5) is 10.5 Å². The molecule has 0 unspecified atom stereocenters. The Kier molecular flexibility index (Phi) is 4.90. The van der Waals surface area contributed by atoms with Gasteiger partial charge in [0.1, 0.15) is 0 Å². The summed E-state index contributed by atoms with van der Waals surface area (Å²) in [5.74, 6) is 0. The lowest BCUT2D eigenvalue weighted by Gasteiger charge is -2.18. The van der Waals surface area contributed by atoms with Gasteiger partial charge in [0.15, 0.2) is 5.65 Å². The van der Waals surface area contributed by atoms with E-state index >= 15 is 0 Å². The number of nitrogens with zero attached hydrogens (tertiary/aromatic N) is 4. The van der Waals surface area contributed by atoms with Crippen LogP contribution < -0.4 is 5.32 Å². The van der Waals surface area contributed by atoms with Crippen LogP contribution in [0.5, 0.6) is 0 Å². The number of halogens is 1. The Labute approximate surface area is 151 Å². The molecule has 0 saturated heterocycles. The van der Waals surface area contributed by atoms with Gasteiger partial charge in [-0.2, -0.15) is 5.10 Å². The van der Waals surface area contributed by atoms with Crippen LogP contribution in [0, 0.1) is 0 Å². The number of fused-ring (bicyclic) bond motifs is 1. The summed E-state index contributed by atoms with van der Waals surface area (Å²) < 4.78 is 1.85. The molecule has 0 saturated carbocycles. The summed E-state index contributed by atoms with van der Waals surface area (Å²) in [6.07, 6.45) is 3.41. The van der Waals surface area contributed by atoms with Gasteiger partial charge in [-0.1, -0.05) is 23.7 Å². The molecule has 130 valence electrons. The second kappa shape index (κ2) is 7.11. The molecule has 2 heterocycles. The van der Waals surface area contributed by atoms with Crippen molar-refractivity contribution in [2.45, 2.75) is 26.4 Å². The fourth-order valence-electron chi connectivity index (χ4n) is 2.54. The topological polar surface area (TPSA) is 63.1 Å². The highest BCUT2D eigenvalue weighted by Crippen LogP contribution is 2.19. The third-order valence-electron chi connectivity index (χ3n) is 3.85. The van der Waals surface area contributed by atoms with Crippen LogP contribution in [0.15, 0.2) is 42.7 Å². The molecule has 2 aromatic heterocycles. The van der Waals surface area contributed by atoms with Crippen LogP contribution in [-0.4, -0.2) is 32.7 Å². The Morgan fingerprint density at radius 3 is 2.68 bits per heavy atom. The zero-order valence-corrected chi connectivity index (χ0v) is 15.2. The summed E-state index contributed by atoms with van der Waals surface area (Å²) in [4.78, 5) is 18.4. The van der Waals surface area contributed by atoms with Crippen molar-refractivity contribution < 1.29 is 4.79 Å². The first kappa shape index (κ1) is 17.2. The number of carbonyl (C=O) groups is 1. The number of urea groups is 1. The fourth-order valence-corrected chi connectivity index (χ4v) is 2.67. The SMILES string of the molecule is CC(C)n1ncc2cc(NC(=O)N(C)Cc3ccc(Cl)cc3)cnc21. The van der Waals surface area contributed by atoms with E-state index in [4.69, 9.17) is 11.6 Å². The molecule has 3 rings (SSSR count). The second-order valence-corrected chi connectivity index (χ2v) is 6.67. The number of anilines is 1. The minimum Gasteiger partial charge on any atom is -0.323 e. The van der Waals surface area contributed by atoms with Crippen LogP contribution in [0.3, 0.4) is 0 Å². The minimum absolute atomic E-state index is 0.202. The minimum atomic E-state index is -0.202. The van der Waals surface area contributed by atoms with E-state index in [9.17, 15) is 4.79 Å². The highest BCUT2D eigenvalue weighted by Gasteiger charge is 2.12. The van der Waals surface area contributed by atoms with Crippen LogP contribution in [-0.2, 0) is 6.54 Å². The van der Waals surface area contributed by atoms with Gasteiger partial charge in [0.05, 0.1) is 18.1 Å². The summed E-state index contributed by atoms with van der Waals surface area (Å²) >= 11 is 5.88. The molecule has 0 spiro atoms. The van der Waals surface area contributed by atoms with Crippen molar-refractivity contribution in [1.82, 2.24) is 19.7 Å². The number of carbonyl (C=O) groups excluding carboxylic acids is 1. The molecule has 25 heavy (non-hydrogen) atoms. The van der Waals surface area contributed by atoms with Gasteiger partial charge in [-0.25, -0.2) is 14.5 Å². The maximum atomic E-state index is 12.4. The van der Waals surface area contributed by atoms with Gasteiger partial charge in [0, 0.05) is 30.0 Å². The lowest BCUT2D eigenvalue weighted by molar-refractivity contribution is 0.220. The smallest absolute Gasteiger partial charge is 0.321 e. The Bertz CT molecular complexity index is 888. The molecule has 0 aliphatic rings. The van der Waals surface area contributed by atoms with E-state index in [1.807, 2.05) is 35.0 Å². The quantitative estimate of drug-likeness (QED) is 0.755. The zero-order chi connectivity index (χ0) is 18.0. The lowest BCUT2D eigenvalue weighted by Crippen LogP contribution is -2.30. The standard InChI is InChI=1S/C18H20ClN5O/c1-12(2)24-17-14(9-21-24)8-16(10-20-17)22-18(25)23(3)11-13-4-6-15(19)7-5-13/h4-10,12H,11H2,1-3H3,(H,22,25). The van der Waals surface area contributed by atoms with Crippen molar-refractivity contribution in [3.05, 3.63) is 53.3 Å². The number of hydrogen-bond acceptors (Lipinski definition) is 3. The van der Waals surface area contributed by atoms with Gasteiger partial charge in [-0.15, -0.1) is 0 Å². The van der Waals surface area contributed by atoms with Gasteiger partial charge >= 0.3 is 6.03 Å². The van der Waals surface area contributed by atoms with E-state index in [0.717, 1.165) is 16.6 Å². The van der Waals surface area contributed by atoms with Gasteiger partial charge in [-0.3, -0.25) is 0 Å². The molecule has 0 aliphatic heterocycles. The molecule has 6 nitrogen and oxygen atoms in total. The monoisotopic (exact) mass is 357 g/mol. The number of aromatic nitrogens is 3. The van der Waals surface area contributed by atoms with Crippen molar-refractivity contribution in [3.63, 3.8) is 0 Å². The van der Waals surface area contributed by atoms with E-state index in [1.165, 1.54) is 0 Å². The molecule has 1 aromatic carbocycles. The normalized spacial score (nSPS) is 11.1. The van der Waals surface area contributed by atoms with Gasteiger partial charge < -0.3 is 10.2 Å². The maximum absolute atomic E-state index is 12.4. The second-order valence-electron chi connectivity index (χ2n) is 6.23. The molecule has 2 amide bonds. The summed E-state index contributed by atoms with van der Waals surface area (Å²) in [5, 5.41) is 8.77. The van der Waals surface area contributed by atoms with Crippen molar-refractivity contribution in [3.8, 4) is 0 Å². The van der Waals surface area contributed by atoms with E-state index in [0.29, 0.717) is 17.3 Å². The molecule has 0 bridgehead atoms. The molecule has 0 radical (unpaired) electrons. The van der Waals surface area contributed by atoms with Crippen molar-refractivity contribution >= 4 is 34.4 Å². The van der Waals surface area contributed by atoms with Gasteiger partial charge in [0.2, 0.25) is 0 Å². The Hall–Kier alpha value is -2.60. The number of rotatable bonds is 4. The highest BCUT2D eigenvalue weighted by molar-refractivity contribution is 6.30. The molecule has 0 fully saturated rings. The number of benzene rings is 1. The van der Waals surface area contributed by atoms with Crippen molar-refractivity contribution in [1.29, 1.82) is 0 Å². The van der Waals surface area contributed by atoms with E-state index < -0.39 is 0 Å². The third kappa shape index (κ3) is 3.91. The Balaban J connectivity index is 1.69. The molecule has 3 aromatic rings. The Morgan fingerprint density at radius 1 is 1.28 bits per heavy atom. The summed E-state index contributed by atoms with van der Waals surface area (Å²) in [6, 6.07) is 9.34. The molecule has 7 heteroatoms. The van der Waals surface area contributed by atoms with E-state index in [-0.39, 0.29) is 12.1 Å². The average molecular weight is 358 g/mol. The average Bonchev–Trinajstić information content (AvgIpc) is 3.00. The third-order valence-corrected chi connectivity index (χ3v) is 4.11. The number of amides is 2. The van der Waals surface area contributed by atoms with Crippen molar-refractivity contribution in [2.75, 3.05) is 12.4 Å². The summed E-state index contributed by atoms with van der Waals surface area (Å²) in [7, 11) is 1.74. The molecule has 0 atom stereocenters. The first-order valence-corrected chi connectivity index (χ1v) is 8.41. The fraction of sp³-hybridized carbons (Fsp3) is 0.278. The lowest BCUT2D eigenvalue weighted by atomic mass is 10.2. The maximum Gasteiger partial charge on any atom is 0.321 e. The number of hydrogen-bond donors (Lipinski definition) is 1. The van der Waals surface area contributed by atoms with Gasteiger partial charge in [-0.05, 0) is 37.6 Å². The van der Waals surface area contributed by atoms with Crippen LogP contribution >= 0.6 is 11.6 Å². The predicted octanol–water partition coefficient (Wildman–Crippen LogP) is 4.33. The van der Waals surface area contributed by atoms with Gasteiger partial charge in [0.25, 0.3) is 0 Å². The van der Waals surface area contributed by atoms with Crippen LogP contribution in [0.25, 0.3) is 11.0 Å². The Morgan fingerprint density at radius 2 is 2.00 bits per heavy atom. The zero-order valence-electron chi connectivity index (χ0n) is 14.4. The first-order valence-electron chi connectivity index (χ1n) is 8.04. The first-order chi connectivity index (χ1) is 11.9. The largest absolute Gasteiger partial charge is 0.323 e. The van der Waals surface area contributed by atoms with Crippen LogP contribution in [0.2, 0.25) is 5.02 Å². The molecular formula is C18H20ClN5O. The predicted molar refractivity (Wildman–Crippen MR) is 99.9 cm³/mol. The van der Waals surface area contributed by atoms with E-state index in [1.54, 1.807) is 24.3 Å². The molecule has 1 N–H and O–H groups in total. The van der Waals surface area contributed by atoms with Crippen LogP contribution in [0.1, 0.15) is 25.5 Å². The molecule has 0 aliphatic carbocycles.